The zero-order valence-corrected chi connectivity index (χ0v) is 14.3. The molecule has 0 radical (unpaired) electrons. The number of thiophene rings is 1. The third-order valence-electron chi connectivity index (χ3n) is 3.60. The lowest BCUT2D eigenvalue weighted by molar-refractivity contribution is 0.143. The summed E-state index contributed by atoms with van der Waals surface area (Å²) < 4.78 is 5.07. The molecule has 0 aromatic carbocycles. The molecule has 0 saturated heterocycles. The van der Waals surface area contributed by atoms with E-state index in [0.29, 0.717) is 6.61 Å². The molecule has 0 aliphatic heterocycles. The van der Waals surface area contributed by atoms with E-state index in [2.05, 4.69) is 35.4 Å². The molecule has 1 aliphatic rings. The van der Waals surface area contributed by atoms with Crippen molar-refractivity contribution in [1.29, 1.82) is 0 Å². The van der Waals surface area contributed by atoms with Crippen molar-refractivity contribution in [2.75, 3.05) is 6.61 Å². The summed E-state index contributed by atoms with van der Waals surface area (Å²) in [5.41, 5.74) is 2.25. The van der Waals surface area contributed by atoms with Gasteiger partial charge in [0.2, 0.25) is 0 Å². The van der Waals surface area contributed by atoms with Gasteiger partial charge in [0.1, 0.15) is 0 Å². The number of nitrogens with zero attached hydrogens (tertiary/aromatic N) is 1. The van der Waals surface area contributed by atoms with Gasteiger partial charge in [-0.1, -0.05) is 6.92 Å². The Bertz CT molecular complexity index is 575. The van der Waals surface area contributed by atoms with Crippen LogP contribution in [0.5, 0.6) is 0 Å². The van der Waals surface area contributed by atoms with Gasteiger partial charge in [0.25, 0.3) is 0 Å². The predicted octanol–water partition coefficient (Wildman–Crippen LogP) is 4.24. The molecule has 1 unspecified atom stereocenters. The molecule has 1 aromatic rings. The van der Waals surface area contributed by atoms with Crippen LogP contribution in [0.15, 0.2) is 28.8 Å². The summed E-state index contributed by atoms with van der Waals surface area (Å²) >= 11 is 1.79. The number of rotatable bonds is 5. The van der Waals surface area contributed by atoms with E-state index >= 15 is 0 Å². The van der Waals surface area contributed by atoms with Crippen molar-refractivity contribution in [1.82, 2.24) is 5.32 Å². The van der Waals surface area contributed by atoms with Gasteiger partial charge < -0.3 is 10.1 Å². The number of carbonyl (C=O) groups is 1. The third-order valence-corrected chi connectivity index (χ3v) is 4.58. The van der Waals surface area contributed by atoms with Crippen molar-refractivity contribution >= 4 is 23.1 Å². The quantitative estimate of drug-likeness (QED) is 0.882. The average molecular weight is 320 g/mol. The fourth-order valence-corrected chi connectivity index (χ4v) is 3.21. The lowest BCUT2D eigenvalue weighted by Crippen LogP contribution is -2.38. The number of aliphatic imine (C=N–C) groups is 1. The summed E-state index contributed by atoms with van der Waals surface area (Å²) in [6.07, 6.45) is 4.38. The molecule has 5 heteroatoms. The zero-order valence-electron chi connectivity index (χ0n) is 13.5. The summed E-state index contributed by atoms with van der Waals surface area (Å²) in [4.78, 5) is 18.9. The number of alkyl carbamates (subject to hydrolysis) is 1. The first-order valence-electron chi connectivity index (χ1n) is 7.78. The Morgan fingerprint density at radius 1 is 1.45 bits per heavy atom. The van der Waals surface area contributed by atoms with Crippen molar-refractivity contribution in [2.45, 2.75) is 52.6 Å². The van der Waals surface area contributed by atoms with Gasteiger partial charge >= 0.3 is 6.09 Å². The van der Waals surface area contributed by atoms with Crippen LogP contribution < -0.4 is 5.32 Å². The van der Waals surface area contributed by atoms with Crippen LogP contribution in [-0.4, -0.2) is 24.5 Å². The van der Waals surface area contributed by atoms with Gasteiger partial charge in [0.15, 0.2) is 0 Å². The smallest absolute Gasteiger partial charge is 0.407 e. The van der Waals surface area contributed by atoms with Gasteiger partial charge in [-0.2, -0.15) is 0 Å². The number of ether oxygens (including phenoxy) is 1. The number of hydrogen-bond acceptors (Lipinski definition) is 4. The molecule has 0 saturated carbocycles. The highest BCUT2D eigenvalue weighted by molar-refractivity contribution is 7.11. The van der Waals surface area contributed by atoms with E-state index < -0.39 is 0 Å². The molecule has 0 bridgehead atoms. The van der Waals surface area contributed by atoms with Crippen LogP contribution in [0.1, 0.15) is 42.9 Å². The molecule has 1 heterocycles. The average Bonchev–Trinajstić information content (AvgIpc) is 2.91. The Balaban J connectivity index is 1.89. The first-order valence-corrected chi connectivity index (χ1v) is 8.60. The highest BCUT2D eigenvalue weighted by Gasteiger charge is 2.19. The van der Waals surface area contributed by atoms with E-state index in [4.69, 9.17) is 4.74 Å². The van der Waals surface area contributed by atoms with Crippen LogP contribution in [0.25, 0.3) is 0 Å². The lowest BCUT2D eigenvalue weighted by atomic mass is 9.94. The van der Waals surface area contributed by atoms with Crippen LogP contribution in [0.4, 0.5) is 4.79 Å². The Morgan fingerprint density at radius 3 is 2.91 bits per heavy atom. The van der Waals surface area contributed by atoms with Crippen LogP contribution >= 0.6 is 11.3 Å². The highest BCUT2D eigenvalue weighted by Crippen LogP contribution is 2.19. The molecule has 22 heavy (non-hydrogen) atoms. The van der Waals surface area contributed by atoms with E-state index in [0.717, 1.165) is 37.1 Å². The van der Waals surface area contributed by atoms with Crippen LogP contribution in [-0.2, 0) is 11.3 Å². The fraction of sp³-hybridized carbons (Fsp3) is 0.529. The predicted molar refractivity (Wildman–Crippen MR) is 91.7 cm³/mol. The van der Waals surface area contributed by atoms with Crippen LogP contribution in [0.3, 0.4) is 0 Å². The summed E-state index contributed by atoms with van der Waals surface area (Å²) in [7, 11) is 0. The van der Waals surface area contributed by atoms with Gasteiger partial charge in [0.05, 0.1) is 19.2 Å². The molecule has 1 atom stereocenters. The number of nitrogens with one attached hydrogen (secondary N) is 1. The first-order chi connectivity index (χ1) is 10.6. The monoisotopic (exact) mass is 320 g/mol. The number of carbonyl (C=O) groups excluding carboxylic acids is 1. The second kappa shape index (κ2) is 8.13. The number of allylic oxidation sites excluding steroid dienone is 1. The van der Waals surface area contributed by atoms with Crippen molar-refractivity contribution in [3.05, 3.63) is 33.5 Å². The summed E-state index contributed by atoms with van der Waals surface area (Å²) in [6.45, 7) is 7.34. The Hall–Kier alpha value is -1.62. The van der Waals surface area contributed by atoms with Gasteiger partial charge in [-0.05, 0) is 56.9 Å². The standard InChI is InChI=1S/C17H24N2O2S/c1-4-9-21-17(20)19-16-8-6-14(10-12(16)2)18-11-15-7-5-13(3)22-15/h5,7,10,16H,4,6,8-9,11H2,1-3H3,(H,19,20). The largest absolute Gasteiger partial charge is 0.450 e. The second-order valence-corrected chi connectivity index (χ2v) is 6.95. The van der Waals surface area contributed by atoms with Crippen molar-refractivity contribution in [2.24, 2.45) is 4.99 Å². The zero-order chi connectivity index (χ0) is 15.9. The minimum absolute atomic E-state index is 0.0623. The molecular weight excluding hydrogens is 296 g/mol. The molecule has 0 fully saturated rings. The van der Waals surface area contributed by atoms with Crippen molar-refractivity contribution in [3.8, 4) is 0 Å². The van der Waals surface area contributed by atoms with Crippen LogP contribution in [0, 0.1) is 6.92 Å². The van der Waals surface area contributed by atoms with E-state index in [1.807, 2.05) is 13.8 Å². The molecule has 120 valence electrons. The Labute approximate surface area is 136 Å². The number of hydrogen-bond donors (Lipinski definition) is 1. The minimum Gasteiger partial charge on any atom is -0.450 e. The van der Waals surface area contributed by atoms with Gasteiger partial charge in [0, 0.05) is 15.5 Å². The SMILES string of the molecule is CCCOC(=O)NC1CCC(=NCc2ccc(C)s2)C=C1C. The third kappa shape index (κ3) is 4.98. The summed E-state index contributed by atoms with van der Waals surface area (Å²) in [5.74, 6) is 0. The minimum atomic E-state index is -0.325. The Kier molecular flexibility index (Phi) is 6.19. The molecule has 4 nitrogen and oxygen atoms in total. The molecule has 1 amide bonds. The maximum absolute atomic E-state index is 11.6. The van der Waals surface area contributed by atoms with Crippen molar-refractivity contribution < 1.29 is 9.53 Å². The topological polar surface area (TPSA) is 50.7 Å². The van der Waals surface area contributed by atoms with Gasteiger partial charge in [-0.3, -0.25) is 4.99 Å². The lowest BCUT2D eigenvalue weighted by Gasteiger charge is -2.23. The van der Waals surface area contributed by atoms with E-state index in [-0.39, 0.29) is 12.1 Å². The molecule has 2 rings (SSSR count). The summed E-state index contributed by atoms with van der Waals surface area (Å²) in [6, 6.07) is 4.33. The first kappa shape index (κ1) is 16.7. The number of aryl methyl sites for hydroxylation is 1. The Morgan fingerprint density at radius 2 is 2.27 bits per heavy atom. The maximum atomic E-state index is 11.6. The number of amides is 1. The van der Waals surface area contributed by atoms with E-state index in [1.165, 1.54) is 9.75 Å². The van der Waals surface area contributed by atoms with E-state index in [1.54, 1.807) is 11.3 Å². The maximum Gasteiger partial charge on any atom is 0.407 e. The molecule has 0 spiro atoms. The molecule has 1 aromatic heterocycles. The van der Waals surface area contributed by atoms with Crippen molar-refractivity contribution in [3.63, 3.8) is 0 Å². The van der Waals surface area contributed by atoms with Gasteiger partial charge in [-0.15, -0.1) is 11.3 Å². The van der Waals surface area contributed by atoms with Gasteiger partial charge in [-0.25, -0.2) is 4.79 Å². The normalized spacial score (nSPS) is 19.9. The van der Waals surface area contributed by atoms with Crippen LogP contribution in [0.2, 0.25) is 0 Å². The summed E-state index contributed by atoms with van der Waals surface area (Å²) in [5, 5.41) is 2.92. The molecular formula is C17H24N2O2S. The second-order valence-electron chi connectivity index (χ2n) is 5.58. The molecule has 1 aliphatic carbocycles. The highest BCUT2D eigenvalue weighted by atomic mass is 32.1. The molecule has 1 N–H and O–H groups in total. The fourth-order valence-electron chi connectivity index (χ4n) is 2.39. The van der Waals surface area contributed by atoms with E-state index in [9.17, 15) is 4.79 Å².